The van der Waals surface area contributed by atoms with Crippen molar-refractivity contribution in [1.82, 2.24) is 9.38 Å². The standard InChI is InChI=1S/C15H13ClN2OS/c16-9-13-14(17-15-18(13)6-7-20-15)19-12-5-4-10-2-1-3-11(10)8-12/h4-8H,1-3,9H2. The van der Waals surface area contributed by atoms with Crippen molar-refractivity contribution >= 4 is 27.9 Å². The highest BCUT2D eigenvalue weighted by Crippen LogP contribution is 2.32. The van der Waals surface area contributed by atoms with Gasteiger partial charge in [0, 0.05) is 11.6 Å². The van der Waals surface area contributed by atoms with E-state index in [1.165, 1.54) is 24.0 Å². The molecule has 2 aromatic heterocycles. The minimum atomic E-state index is 0.387. The lowest BCUT2D eigenvalue weighted by atomic mass is 10.1. The van der Waals surface area contributed by atoms with Gasteiger partial charge in [0.15, 0.2) is 4.96 Å². The Morgan fingerprint density at radius 2 is 2.20 bits per heavy atom. The number of halogens is 1. The quantitative estimate of drug-likeness (QED) is 0.670. The summed E-state index contributed by atoms with van der Waals surface area (Å²) in [6.45, 7) is 0. The first-order valence-electron chi connectivity index (χ1n) is 6.65. The molecule has 20 heavy (non-hydrogen) atoms. The third-order valence-corrected chi connectivity index (χ3v) is 4.75. The zero-order valence-electron chi connectivity index (χ0n) is 10.8. The molecule has 0 atom stereocenters. The Morgan fingerprint density at radius 3 is 3.10 bits per heavy atom. The summed E-state index contributed by atoms with van der Waals surface area (Å²) in [5.41, 5.74) is 3.75. The Kier molecular flexibility index (Phi) is 2.93. The molecule has 0 amide bonds. The van der Waals surface area contributed by atoms with Crippen LogP contribution >= 0.6 is 22.9 Å². The number of hydrogen-bond donors (Lipinski definition) is 0. The normalized spacial score (nSPS) is 13.8. The van der Waals surface area contributed by atoms with E-state index in [9.17, 15) is 0 Å². The summed E-state index contributed by atoms with van der Waals surface area (Å²) in [5.74, 6) is 1.85. The van der Waals surface area contributed by atoms with E-state index in [1.54, 1.807) is 11.3 Å². The second-order valence-corrected chi connectivity index (χ2v) is 6.08. The van der Waals surface area contributed by atoms with Gasteiger partial charge in [-0.05, 0) is 42.5 Å². The molecule has 0 spiro atoms. The number of ether oxygens (including phenoxy) is 1. The fourth-order valence-electron chi connectivity index (χ4n) is 2.74. The van der Waals surface area contributed by atoms with Gasteiger partial charge in [0.05, 0.1) is 5.88 Å². The van der Waals surface area contributed by atoms with Gasteiger partial charge in [-0.3, -0.25) is 4.40 Å². The molecule has 0 radical (unpaired) electrons. The van der Waals surface area contributed by atoms with Crippen LogP contribution in [0.3, 0.4) is 0 Å². The van der Waals surface area contributed by atoms with Crippen molar-refractivity contribution in [1.29, 1.82) is 0 Å². The molecular formula is C15H13ClN2OS. The molecule has 4 rings (SSSR count). The maximum absolute atomic E-state index is 6.03. The molecule has 0 aliphatic heterocycles. The summed E-state index contributed by atoms with van der Waals surface area (Å²) in [7, 11) is 0. The van der Waals surface area contributed by atoms with Crippen molar-refractivity contribution < 1.29 is 4.74 Å². The van der Waals surface area contributed by atoms with Gasteiger partial charge in [0.25, 0.3) is 0 Å². The average Bonchev–Trinajstić information content (AvgIpc) is 3.12. The number of aryl methyl sites for hydroxylation is 2. The van der Waals surface area contributed by atoms with Gasteiger partial charge in [-0.15, -0.1) is 22.9 Å². The van der Waals surface area contributed by atoms with Gasteiger partial charge in [-0.1, -0.05) is 6.07 Å². The van der Waals surface area contributed by atoms with Crippen LogP contribution in [0.15, 0.2) is 29.8 Å². The van der Waals surface area contributed by atoms with Crippen molar-refractivity contribution in [3.05, 3.63) is 46.6 Å². The predicted molar refractivity (Wildman–Crippen MR) is 81.2 cm³/mol. The zero-order chi connectivity index (χ0) is 13.5. The van der Waals surface area contributed by atoms with Crippen molar-refractivity contribution in [2.24, 2.45) is 0 Å². The van der Waals surface area contributed by atoms with Crippen LogP contribution in [0, 0.1) is 0 Å². The van der Waals surface area contributed by atoms with Crippen LogP contribution < -0.4 is 4.74 Å². The van der Waals surface area contributed by atoms with E-state index in [1.807, 2.05) is 22.0 Å². The molecule has 0 saturated carbocycles. The van der Waals surface area contributed by atoms with Crippen molar-refractivity contribution in [3.63, 3.8) is 0 Å². The second kappa shape index (κ2) is 4.79. The Balaban J connectivity index is 1.71. The van der Waals surface area contributed by atoms with Crippen molar-refractivity contribution in [3.8, 4) is 11.6 Å². The van der Waals surface area contributed by atoms with Gasteiger partial charge in [-0.2, -0.15) is 4.98 Å². The van der Waals surface area contributed by atoms with E-state index in [0.29, 0.717) is 11.8 Å². The largest absolute Gasteiger partial charge is 0.437 e. The fraction of sp³-hybridized carbons (Fsp3) is 0.267. The van der Waals surface area contributed by atoms with E-state index >= 15 is 0 Å². The predicted octanol–water partition coefficient (Wildman–Crippen LogP) is 4.42. The molecule has 0 saturated heterocycles. The molecule has 0 unspecified atom stereocenters. The Hall–Kier alpha value is -1.52. The maximum Gasteiger partial charge on any atom is 0.243 e. The molecule has 0 fully saturated rings. The topological polar surface area (TPSA) is 26.5 Å². The molecule has 5 heteroatoms. The lowest BCUT2D eigenvalue weighted by Gasteiger charge is -2.06. The highest BCUT2D eigenvalue weighted by molar-refractivity contribution is 7.15. The summed E-state index contributed by atoms with van der Waals surface area (Å²) in [4.78, 5) is 5.42. The summed E-state index contributed by atoms with van der Waals surface area (Å²) in [5, 5.41) is 2.00. The minimum absolute atomic E-state index is 0.387. The van der Waals surface area contributed by atoms with Gasteiger partial charge in [-0.25, -0.2) is 0 Å². The third-order valence-electron chi connectivity index (χ3n) is 3.74. The highest BCUT2D eigenvalue weighted by Gasteiger charge is 2.16. The molecule has 0 bridgehead atoms. The van der Waals surface area contributed by atoms with Gasteiger partial charge < -0.3 is 4.74 Å². The number of fused-ring (bicyclic) bond motifs is 2. The molecule has 102 valence electrons. The van der Waals surface area contributed by atoms with E-state index in [0.717, 1.165) is 22.8 Å². The molecular weight excluding hydrogens is 292 g/mol. The summed E-state index contributed by atoms with van der Waals surface area (Å²) < 4.78 is 7.95. The second-order valence-electron chi connectivity index (χ2n) is 4.94. The first-order valence-corrected chi connectivity index (χ1v) is 8.06. The van der Waals surface area contributed by atoms with E-state index in [2.05, 4.69) is 17.1 Å². The number of aromatic nitrogens is 2. The van der Waals surface area contributed by atoms with Gasteiger partial charge in [0.2, 0.25) is 5.88 Å². The number of thiazole rings is 1. The van der Waals surface area contributed by atoms with Crippen LogP contribution in [0.4, 0.5) is 0 Å². The van der Waals surface area contributed by atoms with Crippen LogP contribution in [-0.4, -0.2) is 9.38 Å². The number of rotatable bonds is 3. The summed E-state index contributed by atoms with van der Waals surface area (Å²) >= 11 is 7.61. The van der Waals surface area contributed by atoms with Crippen molar-refractivity contribution in [2.75, 3.05) is 0 Å². The Morgan fingerprint density at radius 1 is 1.30 bits per heavy atom. The molecule has 3 nitrogen and oxygen atoms in total. The Labute approximate surface area is 125 Å². The molecule has 3 aromatic rings. The van der Waals surface area contributed by atoms with E-state index in [4.69, 9.17) is 16.3 Å². The van der Waals surface area contributed by atoms with Crippen molar-refractivity contribution in [2.45, 2.75) is 25.1 Å². The van der Waals surface area contributed by atoms with E-state index < -0.39 is 0 Å². The number of nitrogens with zero attached hydrogens (tertiary/aromatic N) is 2. The van der Waals surface area contributed by atoms with Crippen LogP contribution in [-0.2, 0) is 18.7 Å². The summed E-state index contributed by atoms with van der Waals surface area (Å²) in [6, 6.07) is 6.32. The molecule has 2 heterocycles. The fourth-order valence-corrected chi connectivity index (χ4v) is 3.71. The van der Waals surface area contributed by atoms with Crippen LogP contribution in [0.5, 0.6) is 11.6 Å². The number of imidazole rings is 1. The average molecular weight is 305 g/mol. The number of hydrogen-bond acceptors (Lipinski definition) is 3. The zero-order valence-corrected chi connectivity index (χ0v) is 12.4. The molecule has 1 aromatic carbocycles. The van der Waals surface area contributed by atoms with Crippen LogP contribution in [0.25, 0.3) is 4.96 Å². The molecule has 0 N–H and O–H groups in total. The lowest BCUT2D eigenvalue weighted by molar-refractivity contribution is 0.461. The van der Waals surface area contributed by atoms with Crippen LogP contribution in [0.1, 0.15) is 23.2 Å². The monoisotopic (exact) mass is 304 g/mol. The number of benzene rings is 1. The Bertz CT molecular complexity index is 777. The lowest BCUT2D eigenvalue weighted by Crippen LogP contribution is -1.92. The van der Waals surface area contributed by atoms with Crippen LogP contribution in [0.2, 0.25) is 0 Å². The minimum Gasteiger partial charge on any atom is -0.437 e. The summed E-state index contributed by atoms with van der Waals surface area (Å²) in [6.07, 6.45) is 5.54. The maximum atomic E-state index is 6.03. The third kappa shape index (κ3) is 1.91. The van der Waals surface area contributed by atoms with Gasteiger partial charge in [0.1, 0.15) is 11.4 Å². The smallest absolute Gasteiger partial charge is 0.243 e. The molecule has 1 aliphatic carbocycles. The highest BCUT2D eigenvalue weighted by atomic mass is 35.5. The first kappa shape index (κ1) is 12.2. The van der Waals surface area contributed by atoms with Gasteiger partial charge >= 0.3 is 0 Å². The first-order chi connectivity index (χ1) is 9.85. The molecule has 1 aliphatic rings. The SMILES string of the molecule is ClCc1c(Oc2ccc3c(c2)CCC3)nc2sccn12. The van der Waals surface area contributed by atoms with E-state index in [-0.39, 0.29) is 0 Å². The number of alkyl halides is 1.